The standard InChI is InChI=1S/C21H24N4O4S2/c22-31(27,28)29-9-14-7-13(8-18(14)26)16-10-30-20-19(16)23-11-24-21(20)25-17-6-5-12-3-1-2-4-15(12)17/h1-4,10-11,13-14,17-18,26H,5-9H2,(H2,22,27,28)(H,23,24,25)/t13-,14+,17-,18+/m1/s1. The van der Waals surface area contributed by atoms with E-state index in [4.69, 9.17) is 9.32 Å². The van der Waals surface area contributed by atoms with Crippen molar-refractivity contribution in [2.24, 2.45) is 11.1 Å². The Morgan fingerprint density at radius 1 is 1.23 bits per heavy atom. The molecule has 0 aliphatic heterocycles. The fraction of sp³-hybridized carbons (Fsp3) is 0.429. The first-order chi connectivity index (χ1) is 14.9. The second kappa shape index (κ2) is 8.10. The van der Waals surface area contributed by atoms with Crippen molar-refractivity contribution in [3.8, 4) is 0 Å². The third-order valence-electron chi connectivity index (χ3n) is 6.37. The molecule has 3 aromatic rings. The van der Waals surface area contributed by atoms with Crippen molar-refractivity contribution in [3.63, 3.8) is 0 Å². The van der Waals surface area contributed by atoms with Crippen LogP contribution in [0.5, 0.6) is 0 Å². The minimum atomic E-state index is -4.02. The number of fused-ring (bicyclic) bond motifs is 2. The average molecular weight is 461 g/mol. The number of hydrogen-bond donors (Lipinski definition) is 3. The van der Waals surface area contributed by atoms with Crippen LogP contribution in [0.15, 0.2) is 36.0 Å². The van der Waals surface area contributed by atoms with Gasteiger partial charge in [-0.05, 0) is 53.7 Å². The summed E-state index contributed by atoms with van der Waals surface area (Å²) in [6.45, 7) is -0.110. The van der Waals surface area contributed by atoms with E-state index in [1.165, 1.54) is 11.1 Å². The van der Waals surface area contributed by atoms with Crippen LogP contribution in [-0.4, -0.2) is 36.2 Å². The molecule has 0 amide bonds. The molecule has 2 heterocycles. The summed E-state index contributed by atoms with van der Waals surface area (Å²) < 4.78 is 27.9. The minimum absolute atomic E-state index is 0.0767. The van der Waals surface area contributed by atoms with Gasteiger partial charge in [-0.2, -0.15) is 8.42 Å². The quantitative estimate of drug-likeness (QED) is 0.516. The molecule has 2 aliphatic carbocycles. The molecule has 1 aromatic carbocycles. The van der Waals surface area contributed by atoms with Crippen molar-refractivity contribution < 1.29 is 17.7 Å². The van der Waals surface area contributed by atoms with Crippen LogP contribution in [0.2, 0.25) is 0 Å². The van der Waals surface area contributed by atoms with Crippen LogP contribution in [0.4, 0.5) is 5.82 Å². The van der Waals surface area contributed by atoms with Gasteiger partial charge in [0.25, 0.3) is 0 Å². The van der Waals surface area contributed by atoms with Gasteiger partial charge in [0.15, 0.2) is 0 Å². The summed E-state index contributed by atoms with van der Waals surface area (Å²) in [5.74, 6) is 0.621. The molecule has 10 heteroatoms. The third-order valence-corrected chi connectivity index (χ3v) is 7.83. The Kier molecular flexibility index (Phi) is 5.43. The Hall–Kier alpha value is -2.11. The summed E-state index contributed by atoms with van der Waals surface area (Å²) in [5, 5.41) is 21.0. The number of benzene rings is 1. The van der Waals surface area contributed by atoms with Crippen LogP contribution in [0.25, 0.3) is 10.2 Å². The van der Waals surface area contributed by atoms with Gasteiger partial charge in [-0.3, -0.25) is 4.18 Å². The number of nitrogens with two attached hydrogens (primary N) is 1. The van der Waals surface area contributed by atoms with Crippen LogP contribution in [-0.2, 0) is 20.9 Å². The maximum Gasteiger partial charge on any atom is 0.333 e. The molecule has 0 spiro atoms. The van der Waals surface area contributed by atoms with Crippen molar-refractivity contribution in [3.05, 3.63) is 52.7 Å². The first-order valence-electron chi connectivity index (χ1n) is 10.3. The summed E-state index contributed by atoms with van der Waals surface area (Å²) in [7, 11) is -4.02. The van der Waals surface area contributed by atoms with E-state index in [0.717, 1.165) is 34.4 Å². The highest BCUT2D eigenvalue weighted by Gasteiger charge is 2.36. The molecular formula is C21H24N4O4S2. The van der Waals surface area contributed by atoms with Gasteiger partial charge in [0.2, 0.25) is 0 Å². The molecule has 164 valence electrons. The Morgan fingerprint density at radius 2 is 2.06 bits per heavy atom. The minimum Gasteiger partial charge on any atom is -0.393 e. The summed E-state index contributed by atoms with van der Waals surface area (Å²) in [5.41, 5.74) is 4.65. The predicted molar refractivity (Wildman–Crippen MR) is 119 cm³/mol. The van der Waals surface area contributed by atoms with Gasteiger partial charge in [-0.25, -0.2) is 15.1 Å². The van der Waals surface area contributed by atoms with E-state index >= 15 is 0 Å². The van der Waals surface area contributed by atoms with E-state index in [1.54, 1.807) is 17.7 Å². The zero-order valence-corrected chi connectivity index (χ0v) is 18.4. The number of aliphatic hydroxyl groups excluding tert-OH is 1. The van der Waals surface area contributed by atoms with Crippen molar-refractivity contribution >= 4 is 37.7 Å². The topological polar surface area (TPSA) is 127 Å². The number of rotatable bonds is 6. The number of nitrogens with one attached hydrogen (secondary N) is 1. The van der Waals surface area contributed by atoms with Crippen LogP contribution in [0, 0.1) is 5.92 Å². The van der Waals surface area contributed by atoms with E-state index in [0.29, 0.717) is 12.8 Å². The maximum absolute atomic E-state index is 11.1. The lowest BCUT2D eigenvalue weighted by atomic mass is 9.98. The lowest BCUT2D eigenvalue weighted by Gasteiger charge is -2.15. The SMILES string of the molecule is NS(=O)(=O)OC[C@@H]1C[C@@H](c2csc3c(N[C@@H]4CCc5ccccc54)ncnc23)C[C@@H]1O. The zero-order valence-electron chi connectivity index (χ0n) is 16.8. The predicted octanol–water partition coefficient (Wildman–Crippen LogP) is 2.87. The molecule has 8 nitrogen and oxygen atoms in total. The average Bonchev–Trinajstić information content (AvgIpc) is 3.43. The van der Waals surface area contributed by atoms with E-state index in [-0.39, 0.29) is 24.5 Å². The van der Waals surface area contributed by atoms with Crippen molar-refractivity contribution in [2.45, 2.75) is 43.7 Å². The Labute approximate surface area is 184 Å². The lowest BCUT2D eigenvalue weighted by Crippen LogP contribution is -2.24. The van der Waals surface area contributed by atoms with Gasteiger partial charge in [-0.1, -0.05) is 24.3 Å². The number of thiophene rings is 1. The monoisotopic (exact) mass is 460 g/mol. The molecule has 0 bridgehead atoms. The molecule has 5 rings (SSSR count). The molecule has 4 N–H and O–H groups in total. The van der Waals surface area contributed by atoms with Crippen molar-refractivity contribution in [2.75, 3.05) is 11.9 Å². The fourth-order valence-corrected chi connectivity index (χ4v) is 6.27. The molecule has 2 aliphatic rings. The number of anilines is 1. The van der Waals surface area contributed by atoms with E-state index in [1.807, 2.05) is 0 Å². The molecule has 1 fully saturated rings. The Morgan fingerprint density at radius 3 is 2.90 bits per heavy atom. The maximum atomic E-state index is 11.1. The van der Waals surface area contributed by atoms with E-state index in [9.17, 15) is 13.5 Å². The normalized spacial score (nSPS) is 25.7. The van der Waals surface area contributed by atoms with Crippen LogP contribution < -0.4 is 10.5 Å². The molecule has 1 saturated carbocycles. The molecule has 0 radical (unpaired) electrons. The first-order valence-corrected chi connectivity index (χ1v) is 12.7. The van der Waals surface area contributed by atoms with Gasteiger partial charge in [0, 0.05) is 5.92 Å². The summed E-state index contributed by atoms with van der Waals surface area (Å²) in [6.07, 6.45) is 4.17. The molecule has 31 heavy (non-hydrogen) atoms. The van der Waals surface area contributed by atoms with Crippen LogP contribution in [0.3, 0.4) is 0 Å². The number of aromatic nitrogens is 2. The Bertz CT molecular complexity index is 1210. The molecular weight excluding hydrogens is 436 g/mol. The first kappa shape index (κ1) is 20.8. The van der Waals surface area contributed by atoms with Gasteiger partial charge in [0.05, 0.1) is 29.0 Å². The summed E-state index contributed by atoms with van der Waals surface area (Å²) in [6, 6.07) is 8.72. The lowest BCUT2D eigenvalue weighted by molar-refractivity contribution is 0.101. The number of hydrogen-bond acceptors (Lipinski definition) is 8. The molecule has 0 unspecified atom stereocenters. The smallest absolute Gasteiger partial charge is 0.333 e. The van der Waals surface area contributed by atoms with Crippen LogP contribution >= 0.6 is 11.3 Å². The van der Waals surface area contributed by atoms with Crippen molar-refractivity contribution in [1.29, 1.82) is 0 Å². The number of aliphatic hydroxyl groups is 1. The van der Waals surface area contributed by atoms with Gasteiger partial charge in [0.1, 0.15) is 12.1 Å². The second-order valence-corrected chi connectivity index (χ2v) is 10.4. The zero-order chi connectivity index (χ0) is 21.6. The highest BCUT2D eigenvalue weighted by molar-refractivity contribution is 7.84. The molecule has 2 aromatic heterocycles. The van der Waals surface area contributed by atoms with Gasteiger partial charge < -0.3 is 10.4 Å². The number of aryl methyl sites for hydroxylation is 1. The van der Waals surface area contributed by atoms with Gasteiger partial charge in [-0.15, -0.1) is 11.3 Å². The molecule has 0 saturated heterocycles. The Balaban J connectivity index is 1.37. The van der Waals surface area contributed by atoms with Crippen LogP contribution in [0.1, 0.15) is 47.9 Å². The fourth-order valence-electron chi connectivity index (χ4n) is 4.85. The van der Waals surface area contributed by atoms with E-state index < -0.39 is 16.4 Å². The summed E-state index contributed by atoms with van der Waals surface area (Å²) >= 11 is 1.60. The van der Waals surface area contributed by atoms with Crippen molar-refractivity contribution in [1.82, 2.24) is 9.97 Å². The number of nitrogens with zero attached hydrogens (tertiary/aromatic N) is 2. The summed E-state index contributed by atoms with van der Waals surface area (Å²) in [4.78, 5) is 9.04. The van der Waals surface area contributed by atoms with Gasteiger partial charge >= 0.3 is 10.3 Å². The molecule has 4 atom stereocenters. The largest absolute Gasteiger partial charge is 0.393 e. The highest BCUT2D eigenvalue weighted by Crippen LogP contribution is 2.44. The third kappa shape index (κ3) is 4.18. The highest BCUT2D eigenvalue weighted by atomic mass is 32.2. The second-order valence-electron chi connectivity index (χ2n) is 8.30. The van der Waals surface area contributed by atoms with E-state index in [2.05, 4.69) is 44.9 Å².